The second-order valence-electron chi connectivity index (χ2n) is 4.87. The van der Waals surface area contributed by atoms with Gasteiger partial charge in [-0.25, -0.2) is 14.2 Å². The first kappa shape index (κ1) is 19.7. The number of pyridine rings is 1. The summed E-state index contributed by atoms with van der Waals surface area (Å²) in [6.45, 7) is -0.541. The summed E-state index contributed by atoms with van der Waals surface area (Å²) in [4.78, 5) is 27.2. The second-order valence-corrected chi connectivity index (χ2v) is 5.71. The fourth-order valence-electron chi connectivity index (χ4n) is 1.81. The molecule has 1 heterocycles. The molecule has 2 aromatic rings. The number of methoxy groups -OCH3 is 1. The van der Waals surface area contributed by atoms with Crippen LogP contribution in [-0.4, -0.2) is 30.6 Å². The molecule has 0 aliphatic rings. The molecule has 0 aliphatic heterocycles. The Hall–Kier alpha value is -2.64. The summed E-state index contributed by atoms with van der Waals surface area (Å²) in [6.07, 6.45) is 3.73. The molecule has 9 heteroatoms. The van der Waals surface area contributed by atoms with Gasteiger partial charge in [-0.2, -0.15) is 0 Å². The quantitative estimate of drug-likeness (QED) is 0.592. The van der Waals surface area contributed by atoms with Crippen LogP contribution in [0, 0.1) is 5.82 Å². The molecule has 2 rings (SSSR count). The topological polar surface area (TPSA) is 77.5 Å². The van der Waals surface area contributed by atoms with Gasteiger partial charge in [0.15, 0.2) is 24.0 Å². The van der Waals surface area contributed by atoms with E-state index < -0.39 is 24.3 Å². The Bertz CT molecular complexity index is 859. The van der Waals surface area contributed by atoms with Crippen LogP contribution in [0.3, 0.4) is 0 Å². The van der Waals surface area contributed by atoms with Gasteiger partial charge >= 0.3 is 5.97 Å². The predicted molar refractivity (Wildman–Crippen MR) is 95.8 cm³/mol. The summed E-state index contributed by atoms with van der Waals surface area (Å²) in [7, 11) is 1.35. The summed E-state index contributed by atoms with van der Waals surface area (Å²) >= 11 is 11.6. The number of amides is 1. The molecule has 1 aromatic heterocycles. The first-order chi connectivity index (χ1) is 12.4. The molecule has 0 fully saturated rings. The van der Waals surface area contributed by atoms with Crippen molar-refractivity contribution in [1.29, 1.82) is 0 Å². The average molecular weight is 399 g/mol. The third-order valence-corrected chi connectivity index (χ3v) is 3.49. The summed E-state index contributed by atoms with van der Waals surface area (Å²) in [5.74, 6) is -1.77. The second kappa shape index (κ2) is 9.17. The fourth-order valence-corrected chi connectivity index (χ4v) is 2.24. The highest BCUT2D eigenvalue weighted by Crippen LogP contribution is 2.22. The maximum atomic E-state index is 13.5. The van der Waals surface area contributed by atoms with Crippen LogP contribution in [0.15, 0.2) is 36.5 Å². The maximum Gasteiger partial charge on any atom is 0.331 e. The number of nitrogens with one attached hydrogen (secondary N) is 1. The van der Waals surface area contributed by atoms with Crippen LogP contribution in [0.2, 0.25) is 10.0 Å². The van der Waals surface area contributed by atoms with Crippen molar-refractivity contribution in [1.82, 2.24) is 4.98 Å². The number of halogens is 3. The lowest BCUT2D eigenvalue weighted by molar-refractivity contribution is -0.142. The third kappa shape index (κ3) is 5.72. The van der Waals surface area contributed by atoms with Crippen LogP contribution < -0.4 is 10.1 Å². The molecule has 0 aliphatic carbocycles. The number of anilines is 1. The fraction of sp³-hybridized carbons (Fsp3) is 0.118. The molecular weight excluding hydrogens is 386 g/mol. The molecule has 0 atom stereocenters. The first-order valence-corrected chi connectivity index (χ1v) is 7.94. The smallest absolute Gasteiger partial charge is 0.331 e. The molecule has 136 valence electrons. The number of esters is 1. The van der Waals surface area contributed by atoms with E-state index in [1.165, 1.54) is 37.6 Å². The van der Waals surface area contributed by atoms with E-state index in [1.807, 2.05) is 0 Å². The summed E-state index contributed by atoms with van der Waals surface area (Å²) in [5.41, 5.74) is 0.432. The highest BCUT2D eigenvalue weighted by molar-refractivity contribution is 6.36. The van der Waals surface area contributed by atoms with E-state index in [1.54, 1.807) is 6.07 Å². The van der Waals surface area contributed by atoms with Crippen LogP contribution in [0.1, 0.15) is 5.56 Å². The van der Waals surface area contributed by atoms with Crippen molar-refractivity contribution in [2.24, 2.45) is 0 Å². The SMILES string of the molecule is COc1ccc(/C=C/C(=O)OCC(=O)Nc2ncc(Cl)cc2Cl)cc1F. The van der Waals surface area contributed by atoms with Gasteiger partial charge in [0.1, 0.15) is 0 Å². The zero-order valence-corrected chi connectivity index (χ0v) is 15.0. The number of benzene rings is 1. The number of nitrogens with zero attached hydrogens (tertiary/aromatic N) is 1. The zero-order chi connectivity index (χ0) is 19.1. The van der Waals surface area contributed by atoms with Gasteiger partial charge in [-0.1, -0.05) is 29.3 Å². The van der Waals surface area contributed by atoms with Gasteiger partial charge in [0.25, 0.3) is 5.91 Å². The molecule has 0 bridgehead atoms. The molecule has 0 radical (unpaired) electrons. The van der Waals surface area contributed by atoms with Crippen molar-refractivity contribution in [3.8, 4) is 5.75 Å². The molecule has 1 amide bonds. The van der Waals surface area contributed by atoms with Crippen LogP contribution in [0.25, 0.3) is 6.08 Å². The highest BCUT2D eigenvalue weighted by Gasteiger charge is 2.10. The van der Waals surface area contributed by atoms with Crippen LogP contribution in [0.5, 0.6) is 5.75 Å². The average Bonchev–Trinajstić information content (AvgIpc) is 2.60. The molecule has 6 nitrogen and oxygen atoms in total. The normalized spacial score (nSPS) is 10.6. The number of hydrogen-bond acceptors (Lipinski definition) is 5. The van der Waals surface area contributed by atoms with E-state index in [4.69, 9.17) is 32.7 Å². The lowest BCUT2D eigenvalue weighted by atomic mass is 10.2. The lowest BCUT2D eigenvalue weighted by Crippen LogP contribution is -2.20. The van der Waals surface area contributed by atoms with Gasteiger partial charge in [0, 0.05) is 12.3 Å². The van der Waals surface area contributed by atoms with Gasteiger partial charge in [-0.05, 0) is 29.8 Å². The summed E-state index contributed by atoms with van der Waals surface area (Å²) in [5, 5.41) is 2.85. The van der Waals surface area contributed by atoms with Crippen LogP contribution >= 0.6 is 23.2 Å². The number of carbonyl (C=O) groups excluding carboxylic acids is 2. The molecule has 0 unspecified atom stereocenters. The number of carbonyl (C=O) groups is 2. The summed E-state index contributed by atoms with van der Waals surface area (Å²) < 4.78 is 23.1. The van der Waals surface area contributed by atoms with Crippen LogP contribution in [-0.2, 0) is 14.3 Å². The van der Waals surface area contributed by atoms with Crippen molar-refractivity contribution in [2.75, 3.05) is 19.0 Å². The largest absolute Gasteiger partial charge is 0.494 e. The Morgan fingerprint density at radius 2 is 2.08 bits per heavy atom. The molecular formula is C17H13Cl2FN2O4. The molecule has 1 N–H and O–H groups in total. The third-order valence-electron chi connectivity index (χ3n) is 3.00. The van der Waals surface area contributed by atoms with Gasteiger partial charge in [0.05, 0.1) is 17.2 Å². The highest BCUT2D eigenvalue weighted by atomic mass is 35.5. The number of ether oxygens (including phenoxy) is 2. The Morgan fingerprint density at radius 3 is 2.73 bits per heavy atom. The van der Waals surface area contributed by atoms with Crippen LogP contribution in [0.4, 0.5) is 10.2 Å². The minimum atomic E-state index is -0.772. The molecule has 0 saturated carbocycles. The number of rotatable bonds is 6. The Balaban J connectivity index is 1.86. The Kier molecular flexibility index (Phi) is 6.94. The van der Waals surface area contributed by atoms with Crippen molar-refractivity contribution >= 4 is 47.0 Å². The van der Waals surface area contributed by atoms with Gasteiger partial charge in [0.2, 0.25) is 0 Å². The molecule has 0 spiro atoms. The van der Waals surface area contributed by atoms with E-state index in [0.29, 0.717) is 10.6 Å². The predicted octanol–water partition coefficient (Wildman–Crippen LogP) is 3.73. The number of hydrogen-bond donors (Lipinski definition) is 1. The minimum absolute atomic E-state index is 0.0934. The van der Waals surface area contributed by atoms with E-state index in [2.05, 4.69) is 10.3 Å². The Labute approximate surface area is 158 Å². The lowest BCUT2D eigenvalue weighted by Gasteiger charge is -2.06. The van der Waals surface area contributed by atoms with Gasteiger partial charge in [-0.3, -0.25) is 4.79 Å². The maximum absolute atomic E-state index is 13.5. The molecule has 26 heavy (non-hydrogen) atoms. The van der Waals surface area contributed by atoms with Crippen molar-refractivity contribution in [3.05, 3.63) is 58.0 Å². The summed E-state index contributed by atoms with van der Waals surface area (Å²) in [6, 6.07) is 5.60. The van der Waals surface area contributed by atoms with Gasteiger partial charge < -0.3 is 14.8 Å². The minimum Gasteiger partial charge on any atom is -0.494 e. The molecule has 0 saturated heterocycles. The Morgan fingerprint density at radius 1 is 1.31 bits per heavy atom. The van der Waals surface area contributed by atoms with E-state index in [9.17, 15) is 14.0 Å². The van der Waals surface area contributed by atoms with Gasteiger partial charge in [-0.15, -0.1) is 0 Å². The van der Waals surface area contributed by atoms with E-state index in [0.717, 1.165) is 6.08 Å². The first-order valence-electron chi connectivity index (χ1n) is 7.18. The molecule has 1 aromatic carbocycles. The van der Waals surface area contributed by atoms with E-state index >= 15 is 0 Å². The monoisotopic (exact) mass is 398 g/mol. The zero-order valence-electron chi connectivity index (χ0n) is 13.5. The van der Waals surface area contributed by atoms with Crippen molar-refractivity contribution in [2.45, 2.75) is 0 Å². The number of aromatic nitrogens is 1. The van der Waals surface area contributed by atoms with Crippen molar-refractivity contribution in [3.63, 3.8) is 0 Å². The van der Waals surface area contributed by atoms with E-state index in [-0.39, 0.29) is 16.6 Å². The van der Waals surface area contributed by atoms with Crippen molar-refractivity contribution < 1.29 is 23.5 Å². The standard InChI is InChI=1S/C17H13Cl2FN2O4/c1-25-14-4-2-10(6-13(14)20)3-5-16(24)26-9-15(23)22-17-12(19)7-11(18)8-21-17/h2-8H,9H2,1H3,(H,21,22,23)/b5-3+.